The van der Waals surface area contributed by atoms with E-state index in [9.17, 15) is 9.59 Å². The van der Waals surface area contributed by atoms with Crippen LogP contribution in [-0.2, 0) is 11.3 Å². The fourth-order valence-electron chi connectivity index (χ4n) is 4.45. The van der Waals surface area contributed by atoms with Crippen LogP contribution in [0.4, 0.5) is 5.82 Å². The number of carbonyl (C=O) groups is 2. The lowest BCUT2D eigenvalue weighted by molar-refractivity contribution is -0.117. The van der Waals surface area contributed by atoms with E-state index in [1.807, 2.05) is 10.7 Å². The van der Waals surface area contributed by atoms with E-state index in [1.165, 1.54) is 23.6 Å². The Kier molecular flexibility index (Phi) is 8.13. The quantitative estimate of drug-likeness (QED) is 0.517. The van der Waals surface area contributed by atoms with Gasteiger partial charge in [-0.2, -0.15) is 10.4 Å². The summed E-state index contributed by atoms with van der Waals surface area (Å²) in [6, 6.07) is 21.1. The van der Waals surface area contributed by atoms with Crippen molar-refractivity contribution < 1.29 is 9.59 Å². The summed E-state index contributed by atoms with van der Waals surface area (Å²) in [7, 11) is 0. The van der Waals surface area contributed by atoms with Crippen molar-refractivity contribution in [2.45, 2.75) is 45.2 Å². The number of piperidine rings is 1. The molecule has 2 heterocycles. The summed E-state index contributed by atoms with van der Waals surface area (Å²) < 4.78 is 1.81. The van der Waals surface area contributed by atoms with E-state index >= 15 is 0 Å². The predicted octanol–water partition coefficient (Wildman–Crippen LogP) is 4.36. The maximum absolute atomic E-state index is 12.1. The molecule has 1 saturated heterocycles. The van der Waals surface area contributed by atoms with Crippen LogP contribution in [0.5, 0.6) is 0 Å². The standard InChI is InChI=1S/C26H29N5O2.C2H3N/c27-24(32)23-17-31(29-25(23)28-26(33)21-10-11-21)22-12-14-30(15-13-22)16-18-6-8-20(9-7-18)19-4-2-1-3-5-19;1-2-3/h1-9,17,21-22H,10-16H2,(H2,27,32)(H,28,29,33);1H3. The number of aromatic nitrogens is 2. The van der Waals surface area contributed by atoms with E-state index in [4.69, 9.17) is 11.0 Å². The molecule has 8 heteroatoms. The number of anilines is 1. The summed E-state index contributed by atoms with van der Waals surface area (Å²) in [5, 5.41) is 14.6. The van der Waals surface area contributed by atoms with Gasteiger partial charge in [0.15, 0.2) is 5.82 Å². The number of rotatable bonds is 7. The first-order valence-electron chi connectivity index (χ1n) is 12.4. The molecule has 1 aliphatic heterocycles. The third-order valence-electron chi connectivity index (χ3n) is 6.59. The number of hydrogen-bond donors (Lipinski definition) is 2. The number of nitrogens with one attached hydrogen (secondary N) is 1. The van der Waals surface area contributed by atoms with Crippen LogP contribution in [0.1, 0.15) is 54.6 Å². The fourth-order valence-corrected chi connectivity index (χ4v) is 4.45. The maximum Gasteiger partial charge on any atom is 0.254 e. The first-order chi connectivity index (χ1) is 17.5. The molecule has 2 fully saturated rings. The third-order valence-corrected chi connectivity index (χ3v) is 6.59. The Bertz CT molecular complexity index is 1220. The summed E-state index contributed by atoms with van der Waals surface area (Å²) in [4.78, 5) is 26.4. The smallest absolute Gasteiger partial charge is 0.254 e. The Labute approximate surface area is 211 Å². The van der Waals surface area contributed by atoms with Crippen molar-refractivity contribution in [3.63, 3.8) is 0 Å². The highest BCUT2D eigenvalue weighted by atomic mass is 16.2. The minimum atomic E-state index is -0.566. The van der Waals surface area contributed by atoms with Gasteiger partial charge in [0.05, 0.1) is 12.1 Å². The van der Waals surface area contributed by atoms with Crippen LogP contribution >= 0.6 is 0 Å². The zero-order valence-electron chi connectivity index (χ0n) is 20.6. The molecule has 2 aromatic carbocycles. The van der Waals surface area contributed by atoms with Crippen LogP contribution in [0.2, 0.25) is 0 Å². The molecule has 0 unspecified atom stereocenters. The van der Waals surface area contributed by atoms with Gasteiger partial charge in [-0.3, -0.25) is 19.2 Å². The normalized spacial score (nSPS) is 15.9. The zero-order chi connectivity index (χ0) is 25.5. The second-order valence-electron chi connectivity index (χ2n) is 9.29. The van der Waals surface area contributed by atoms with Gasteiger partial charge in [-0.25, -0.2) is 0 Å². The number of likely N-dealkylation sites (tertiary alicyclic amines) is 1. The number of nitrogens with two attached hydrogens (primary N) is 1. The molecular weight excluding hydrogens is 452 g/mol. The van der Waals surface area contributed by atoms with Gasteiger partial charge in [-0.1, -0.05) is 54.6 Å². The maximum atomic E-state index is 12.1. The van der Waals surface area contributed by atoms with Crippen LogP contribution in [0.15, 0.2) is 60.8 Å². The van der Waals surface area contributed by atoms with Crippen LogP contribution in [0.25, 0.3) is 11.1 Å². The van der Waals surface area contributed by atoms with E-state index in [-0.39, 0.29) is 23.4 Å². The van der Waals surface area contributed by atoms with E-state index < -0.39 is 5.91 Å². The molecule has 8 nitrogen and oxygen atoms in total. The van der Waals surface area contributed by atoms with Crippen molar-refractivity contribution >= 4 is 17.6 Å². The minimum absolute atomic E-state index is 0.0425. The minimum Gasteiger partial charge on any atom is -0.365 e. The van der Waals surface area contributed by atoms with E-state index in [1.54, 1.807) is 12.3 Å². The largest absolute Gasteiger partial charge is 0.365 e. The summed E-state index contributed by atoms with van der Waals surface area (Å²) in [5.74, 6) is -0.305. The first kappa shape index (κ1) is 25.1. The van der Waals surface area contributed by atoms with Crippen LogP contribution < -0.4 is 11.1 Å². The molecule has 2 amide bonds. The molecule has 1 saturated carbocycles. The lowest BCUT2D eigenvalue weighted by Crippen LogP contribution is -2.34. The molecule has 1 aromatic heterocycles. The molecule has 3 N–H and O–H groups in total. The highest BCUT2D eigenvalue weighted by molar-refractivity contribution is 6.02. The first-order valence-corrected chi connectivity index (χ1v) is 12.4. The summed E-state index contributed by atoms with van der Waals surface area (Å²) >= 11 is 0. The van der Waals surface area contributed by atoms with E-state index in [0.29, 0.717) is 5.82 Å². The molecule has 2 aliphatic rings. The number of amides is 2. The third kappa shape index (κ3) is 6.37. The molecule has 0 spiro atoms. The van der Waals surface area contributed by atoms with Crippen LogP contribution in [-0.4, -0.2) is 39.6 Å². The Morgan fingerprint density at radius 2 is 1.64 bits per heavy atom. The molecule has 3 aromatic rings. The Hall–Kier alpha value is -3.96. The number of hydrogen-bond acceptors (Lipinski definition) is 5. The van der Waals surface area contributed by atoms with Gasteiger partial charge in [0.1, 0.15) is 5.56 Å². The second-order valence-corrected chi connectivity index (χ2v) is 9.29. The Morgan fingerprint density at radius 1 is 1.03 bits per heavy atom. The molecule has 1 aliphatic carbocycles. The molecular formula is C28H32N6O2. The average molecular weight is 485 g/mol. The van der Waals surface area contributed by atoms with Gasteiger partial charge in [0.25, 0.3) is 5.91 Å². The molecule has 0 bridgehead atoms. The van der Waals surface area contributed by atoms with Gasteiger partial charge < -0.3 is 11.1 Å². The molecule has 5 rings (SSSR count). The van der Waals surface area contributed by atoms with Crippen molar-refractivity contribution in [1.29, 1.82) is 5.26 Å². The van der Waals surface area contributed by atoms with Crippen molar-refractivity contribution in [2.24, 2.45) is 11.7 Å². The SMILES string of the molecule is CC#N.NC(=O)c1cn(C2CCN(Cc3ccc(-c4ccccc4)cc3)CC2)nc1NC(=O)C1CC1. The highest BCUT2D eigenvalue weighted by Crippen LogP contribution is 2.31. The lowest BCUT2D eigenvalue weighted by atomic mass is 10.0. The molecule has 186 valence electrons. The summed E-state index contributed by atoms with van der Waals surface area (Å²) in [6.45, 7) is 4.23. The number of benzene rings is 2. The lowest BCUT2D eigenvalue weighted by Gasteiger charge is -2.32. The van der Waals surface area contributed by atoms with Gasteiger partial charge >= 0.3 is 0 Å². The number of nitriles is 1. The molecule has 36 heavy (non-hydrogen) atoms. The molecule has 0 atom stereocenters. The monoisotopic (exact) mass is 484 g/mol. The number of nitrogens with zero attached hydrogens (tertiary/aromatic N) is 4. The average Bonchev–Trinajstić information content (AvgIpc) is 3.66. The fraction of sp³-hybridized carbons (Fsp3) is 0.357. The topological polar surface area (TPSA) is 117 Å². The van der Waals surface area contributed by atoms with Crippen molar-refractivity contribution in [1.82, 2.24) is 14.7 Å². The van der Waals surface area contributed by atoms with Crippen molar-refractivity contribution in [2.75, 3.05) is 18.4 Å². The predicted molar refractivity (Wildman–Crippen MR) is 139 cm³/mol. The van der Waals surface area contributed by atoms with Gasteiger partial charge in [0, 0.05) is 38.7 Å². The van der Waals surface area contributed by atoms with Crippen LogP contribution in [0, 0.1) is 17.2 Å². The highest BCUT2D eigenvalue weighted by Gasteiger charge is 2.31. The van der Waals surface area contributed by atoms with Crippen LogP contribution in [0.3, 0.4) is 0 Å². The Morgan fingerprint density at radius 3 is 2.22 bits per heavy atom. The zero-order valence-corrected chi connectivity index (χ0v) is 20.6. The summed E-state index contributed by atoms with van der Waals surface area (Å²) in [5.41, 5.74) is 9.57. The van der Waals surface area contributed by atoms with Crippen molar-refractivity contribution in [3.05, 3.63) is 71.9 Å². The van der Waals surface area contributed by atoms with Gasteiger partial charge in [-0.15, -0.1) is 0 Å². The van der Waals surface area contributed by atoms with E-state index in [2.05, 4.69) is 63.8 Å². The summed E-state index contributed by atoms with van der Waals surface area (Å²) in [6.07, 6.45) is 5.33. The van der Waals surface area contributed by atoms with Crippen molar-refractivity contribution in [3.8, 4) is 17.2 Å². The number of primary amides is 1. The van der Waals surface area contributed by atoms with E-state index in [0.717, 1.165) is 45.3 Å². The second kappa shape index (κ2) is 11.6. The van der Waals surface area contributed by atoms with Gasteiger partial charge in [-0.05, 0) is 42.4 Å². The van der Waals surface area contributed by atoms with Gasteiger partial charge in [0.2, 0.25) is 5.91 Å². The molecule has 0 radical (unpaired) electrons. The Balaban J connectivity index is 0.000000967. The number of carbonyl (C=O) groups excluding carboxylic acids is 2.